The van der Waals surface area contributed by atoms with Gasteiger partial charge in [0.1, 0.15) is 0 Å². The van der Waals surface area contributed by atoms with Crippen molar-refractivity contribution in [1.29, 1.82) is 0 Å². The summed E-state index contributed by atoms with van der Waals surface area (Å²) in [5, 5.41) is 11.5. The normalized spacial score (nSPS) is 11.0. The first-order valence-corrected chi connectivity index (χ1v) is 9.70. The fourth-order valence-electron chi connectivity index (χ4n) is 2.01. The van der Waals surface area contributed by atoms with Gasteiger partial charge in [0.2, 0.25) is 5.91 Å². The van der Waals surface area contributed by atoms with Crippen molar-refractivity contribution in [2.45, 2.75) is 78.7 Å². The molecule has 0 bridgehead atoms. The van der Waals surface area contributed by atoms with Gasteiger partial charge in [-0.05, 0) is 46.1 Å². The Kier molecular flexibility index (Phi) is 15.6. The summed E-state index contributed by atoms with van der Waals surface area (Å²) in [5.41, 5.74) is 0.365. The van der Waals surface area contributed by atoms with Gasteiger partial charge >= 0.3 is 11.9 Å². The lowest BCUT2D eigenvalue weighted by molar-refractivity contribution is -0.139. The molecule has 6 heteroatoms. The Morgan fingerprint density at radius 2 is 1.75 bits per heavy atom. The molecule has 0 heterocycles. The van der Waals surface area contributed by atoms with Crippen LogP contribution < -0.4 is 5.32 Å². The number of ether oxygens (including phenoxy) is 1. The number of nitrogens with one attached hydrogen (secondary N) is 1. The van der Waals surface area contributed by atoms with Gasteiger partial charge in [0.15, 0.2) is 0 Å². The van der Waals surface area contributed by atoms with Gasteiger partial charge in [-0.25, -0.2) is 9.59 Å². The van der Waals surface area contributed by atoms with Crippen molar-refractivity contribution in [1.82, 2.24) is 5.32 Å². The van der Waals surface area contributed by atoms with E-state index >= 15 is 0 Å². The lowest BCUT2D eigenvalue weighted by Crippen LogP contribution is -2.42. The second-order valence-corrected chi connectivity index (χ2v) is 7.17. The lowest BCUT2D eigenvalue weighted by atomic mass is 9.97. The zero-order valence-corrected chi connectivity index (χ0v) is 18.1. The van der Waals surface area contributed by atoms with Crippen LogP contribution in [0.3, 0.4) is 0 Å². The molecule has 0 atom stereocenters. The van der Waals surface area contributed by atoms with Crippen molar-refractivity contribution in [3.8, 4) is 0 Å². The van der Waals surface area contributed by atoms with Crippen molar-refractivity contribution < 1.29 is 24.2 Å². The summed E-state index contributed by atoms with van der Waals surface area (Å²) < 4.78 is 4.83. The predicted molar refractivity (Wildman–Crippen MR) is 113 cm³/mol. The highest BCUT2D eigenvalue weighted by molar-refractivity contribution is 5.89. The third-order valence-electron chi connectivity index (χ3n) is 3.77. The summed E-state index contributed by atoms with van der Waals surface area (Å²) in [4.78, 5) is 32.7. The summed E-state index contributed by atoms with van der Waals surface area (Å²) in [6, 6.07) is 0. The second-order valence-electron chi connectivity index (χ2n) is 7.17. The quantitative estimate of drug-likeness (QED) is 0.287. The molecule has 0 rings (SSSR count). The molecule has 2 N–H and O–H groups in total. The zero-order valence-electron chi connectivity index (χ0n) is 18.1. The van der Waals surface area contributed by atoms with Crippen LogP contribution in [0.2, 0.25) is 0 Å². The van der Waals surface area contributed by atoms with Crippen LogP contribution in [-0.4, -0.2) is 35.1 Å². The molecule has 160 valence electrons. The maximum Gasteiger partial charge on any atom is 0.333 e. The van der Waals surface area contributed by atoms with Gasteiger partial charge < -0.3 is 15.2 Å². The zero-order chi connectivity index (χ0) is 22.2. The molecule has 0 aliphatic heterocycles. The highest BCUT2D eigenvalue weighted by Crippen LogP contribution is 2.13. The number of rotatable bonds is 12. The molecule has 28 heavy (non-hydrogen) atoms. The summed E-state index contributed by atoms with van der Waals surface area (Å²) in [6.07, 6.45) is 8.36. The van der Waals surface area contributed by atoms with Gasteiger partial charge in [-0.2, -0.15) is 0 Å². The van der Waals surface area contributed by atoms with Crippen LogP contribution in [0, 0.1) is 0 Å². The first-order valence-electron chi connectivity index (χ1n) is 9.70. The minimum atomic E-state index is -0.996. The average Bonchev–Trinajstić information content (AvgIpc) is 2.63. The first-order chi connectivity index (χ1) is 13.0. The van der Waals surface area contributed by atoms with Crippen LogP contribution in [0.1, 0.15) is 73.1 Å². The van der Waals surface area contributed by atoms with Crippen LogP contribution in [0.4, 0.5) is 0 Å². The molecule has 1 amide bonds. The van der Waals surface area contributed by atoms with Crippen LogP contribution >= 0.6 is 0 Å². The van der Waals surface area contributed by atoms with Crippen molar-refractivity contribution in [3.05, 3.63) is 36.5 Å². The SMILES string of the molecule is C=C(CC=C(C)C(=O)O)C(=O)OCCC.C=CC(=O)NC(C)(C)CCCCC. The van der Waals surface area contributed by atoms with E-state index in [1.165, 1.54) is 38.3 Å². The third kappa shape index (κ3) is 15.9. The fourth-order valence-corrected chi connectivity index (χ4v) is 2.01. The second kappa shape index (κ2) is 15.7. The average molecular weight is 396 g/mol. The molecule has 0 saturated heterocycles. The summed E-state index contributed by atoms with van der Waals surface area (Å²) in [7, 11) is 0. The molecule has 6 nitrogen and oxygen atoms in total. The first kappa shape index (κ1) is 27.8. The number of unbranched alkanes of at least 4 members (excludes halogenated alkanes) is 2. The molecule has 0 unspecified atom stereocenters. The summed E-state index contributed by atoms with van der Waals surface area (Å²) in [6.45, 7) is 16.9. The minimum Gasteiger partial charge on any atom is -0.478 e. The molecule has 0 spiro atoms. The Morgan fingerprint density at radius 3 is 2.21 bits per heavy atom. The third-order valence-corrected chi connectivity index (χ3v) is 3.77. The van der Waals surface area contributed by atoms with E-state index < -0.39 is 11.9 Å². The van der Waals surface area contributed by atoms with Gasteiger partial charge in [-0.1, -0.05) is 52.3 Å². The smallest absolute Gasteiger partial charge is 0.333 e. The minimum absolute atomic E-state index is 0.0819. The Hall–Kier alpha value is -2.37. The Balaban J connectivity index is 0. The maximum absolute atomic E-state index is 11.2. The van der Waals surface area contributed by atoms with E-state index in [0.717, 1.165) is 12.8 Å². The number of amides is 1. The number of carbonyl (C=O) groups is 3. The van der Waals surface area contributed by atoms with Crippen molar-refractivity contribution in [2.75, 3.05) is 6.61 Å². The van der Waals surface area contributed by atoms with E-state index in [2.05, 4.69) is 25.4 Å². The number of hydrogen-bond acceptors (Lipinski definition) is 4. The highest BCUT2D eigenvalue weighted by atomic mass is 16.5. The van der Waals surface area contributed by atoms with Gasteiger partial charge in [0, 0.05) is 16.7 Å². The van der Waals surface area contributed by atoms with E-state index in [9.17, 15) is 14.4 Å². The van der Waals surface area contributed by atoms with Crippen molar-refractivity contribution in [3.63, 3.8) is 0 Å². The Labute approximate surface area is 169 Å². The number of carbonyl (C=O) groups excluding carboxylic acids is 2. The number of carboxylic acids is 1. The number of allylic oxidation sites excluding steroid dienone is 1. The molecule has 0 radical (unpaired) electrons. The van der Waals surface area contributed by atoms with Crippen molar-refractivity contribution >= 4 is 17.8 Å². The van der Waals surface area contributed by atoms with E-state index in [0.29, 0.717) is 6.61 Å². The number of esters is 1. The van der Waals surface area contributed by atoms with E-state index in [1.54, 1.807) is 0 Å². The van der Waals surface area contributed by atoms with E-state index in [-0.39, 0.29) is 29.0 Å². The molecular formula is C22H37NO5. The molecule has 0 aliphatic rings. The lowest BCUT2D eigenvalue weighted by Gasteiger charge is -2.25. The highest BCUT2D eigenvalue weighted by Gasteiger charge is 2.17. The Morgan fingerprint density at radius 1 is 1.14 bits per heavy atom. The molecule has 0 aromatic rings. The molecule has 0 fully saturated rings. The van der Waals surface area contributed by atoms with Crippen molar-refractivity contribution in [2.24, 2.45) is 0 Å². The monoisotopic (exact) mass is 395 g/mol. The van der Waals surface area contributed by atoms with E-state index in [4.69, 9.17) is 9.84 Å². The summed E-state index contributed by atoms with van der Waals surface area (Å²) in [5.74, 6) is -1.54. The topological polar surface area (TPSA) is 92.7 Å². The maximum atomic E-state index is 11.2. The van der Waals surface area contributed by atoms with Crippen LogP contribution in [-0.2, 0) is 19.1 Å². The van der Waals surface area contributed by atoms with Gasteiger partial charge in [0.25, 0.3) is 0 Å². The number of hydrogen-bond donors (Lipinski definition) is 2. The van der Waals surface area contributed by atoms with Crippen LogP contribution in [0.25, 0.3) is 0 Å². The van der Waals surface area contributed by atoms with Gasteiger partial charge in [-0.3, -0.25) is 4.79 Å². The van der Waals surface area contributed by atoms with Crippen LogP contribution in [0.15, 0.2) is 36.5 Å². The molecule has 0 saturated carbocycles. The van der Waals surface area contributed by atoms with Crippen LogP contribution in [0.5, 0.6) is 0 Å². The Bertz CT molecular complexity index is 561. The summed E-state index contributed by atoms with van der Waals surface area (Å²) >= 11 is 0. The van der Waals surface area contributed by atoms with Gasteiger partial charge in [0.05, 0.1) is 6.61 Å². The standard InChI is InChI=1S/C11H21NO.C11H16O4/c1-5-7-8-9-11(3,4)12-10(13)6-2;1-4-7-15-11(14)9(3)6-5-8(2)10(12)13/h6H,2,5,7-9H2,1,3-4H3,(H,12,13);5H,3-4,6-7H2,1-2H3,(H,12,13). The number of aliphatic carboxylic acids is 1. The predicted octanol–water partition coefficient (Wildman–Crippen LogP) is 4.56. The molecule has 0 aromatic heterocycles. The molecular weight excluding hydrogens is 358 g/mol. The molecule has 0 aliphatic carbocycles. The largest absolute Gasteiger partial charge is 0.478 e. The fraction of sp³-hybridized carbons (Fsp3) is 0.591. The van der Waals surface area contributed by atoms with Gasteiger partial charge in [-0.15, -0.1) is 0 Å². The molecule has 0 aromatic carbocycles. The van der Waals surface area contributed by atoms with E-state index in [1.807, 2.05) is 20.8 Å². The number of carboxylic acid groups (broad SMARTS) is 1.